The minimum Gasteiger partial charge on any atom is -0.420 e. The predicted octanol–water partition coefficient (Wildman–Crippen LogP) is 3.56. The Bertz CT molecular complexity index is 1160. The SMILES string of the molecule is Nn1c(SCc2nnc(-c3ccc([N+](=O)[O-])cc3)o2)nnc1-c1ccc(Cl)cc1. The number of thioether (sulfide) groups is 1. The molecule has 2 aromatic carbocycles. The highest BCUT2D eigenvalue weighted by Crippen LogP contribution is 2.26. The second-order valence-corrected chi connectivity index (χ2v) is 7.16. The first-order chi connectivity index (χ1) is 14.0. The standard InChI is InChI=1S/C17H12ClN7O3S/c18-12-5-1-10(2-6-12)15-21-23-17(24(15)19)29-9-14-20-22-16(28-14)11-3-7-13(8-4-11)25(26)27/h1-8H,9,19H2. The van der Waals surface area contributed by atoms with Crippen LogP contribution in [0.2, 0.25) is 5.02 Å². The van der Waals surface area contributed by atoms with Crippen LogP contribution in [0.3, 0.4) is 0 Å². The van der Waals surface area contributed by atoms with Crippen LogP contribution < -0.4 is 5.84 Å². The molecule has 0 amide bonds. The van der Waals surface area contributed by atoms with Crippen molar-refractivity contribution in [1.82, 2.24) is 25.1 Å². The summed E-state index contributed by atoms with van der Waals surface area (Å²) in [6, 6.07) is 13.0. The smallest absolute Gasteiger partial charge is 0.269 e. The van der Waals surface area contributed by atoms with Crippen LogP contribution in [-0.4, -0.2) is 30.0 Å². The van der Waals surface area contributed by atoms with Crippen LogP contribution in [0.25, 0.3) is 22.8 Å². The van der Waals surface area contributed by atoms with Crippen molar-refractivity contribution in [3.63, 3.8) is 0 Å². The summed E-state index contributed by atoms with van der Waals surface area (Å²) >= 11 is 7.18. The first-order valence-corrected chi connectivity index (χ1v) is 9.54. The van der Waals surface area contributed by atoms with Crippen molar-refractivity contribution in [2.24, 2.45) is 0 Å². The van der Waals surface area contributed by atoms with Crippen LogP contribution >= 0.6 is 23.4 Å². The summed E-state index contributed by atoms with van der Waals surface area (Å²) in [6.45, 7) is 0. The first-order valence-electron chi connectivity index (χ1n) is 8.17. The molecule has 4 aromatic rings. The second-order valence-electron chi connectivity index (χ2n) is 5.78. The molecule has 29 heavy (non-hydrogen) atoms. The Labute approximate surface area is 172 Å². The molecule has 10 nitrogen and oxygen atoms in total. The maximum absolute atomic E-state index is 10.7. The lowest BCUT2D eigenvalue weighted by Crippen LogP contribution is -2.11. The number of hydrogen-bond acceptors (Lipinski definition) is 9. The van der Waals surface area contributed by atoms with E-state index in [1.165, 1.54) is 28.6 Å². The van der Waals surface area contributed by atoms with Gasteiger partial charge in [0.1, 0.15) is 0 Å². The second kappa shape index (κ2) is 7.89. The minimum atomic E-state index is -0.471. The van der Waals surface area contributed by atoms with Gasteiger partial charge in [-0.15, -0.1) is 20.4 Å². The molecule has 146 valence electrons. The average Bonchev–Trinajstić information content (AvgIpc) is 3.34. The van der Waals surface area contributed by atoms with Crippen molar-refractivity contribution in [2.45, 2.75) is 10.9 Å². The Hall–Kier alpha value is -3.44. The zero-order valence-electron chi connectivity index (χ0n) is 14.6. The first kappa shape index (κ1) is 18.9. The number of halogens is 1. The number of nitrogens with two attached hydrogens (primary N) is 1. The van der Waals surface area contributed by atoms with Gasteiger partial charge in [0.25, 0.3) is 5.69 Å². The number of hydrogen-bond donors (Lipinski definition) is 1. The van der Waals surface area contributed by atoms with E-state index >= 15 is 0 Å². The molecular formula is C17H12ClN7O3S. The van der Waals surface area contributed by atoms with Gasteiger partial charge in [0.05, 0.1) is 10.7 Å². The lowest BCUT2D eigenvalue weighted by atomic mass is 10.2. The fourth-order valence-corrected chi connectivity index (χ4v) is 3.27. The minimum absolute atomic E-state index is 0.0113. The summed E-state index contributed by atoms with van der Waals surface area (Å²) in [5.41, 5.74) is 1.36. The fraction of sp³-hybridized carbons (Fsp3) is 0.0588. The Morgan fingerprint density at radius 3 is 2.41 bits per heavy atom. The molecule has 2 aromatic heterocycles. The van der Waals surface area contributed by atoms with Crippen molar-refractivity contribution in [3.05, 3.63) is 69.6 Å². The molecule has 0 saturated carbocycles. The molecule has 0 aliphatic heterocycles. The van der Waals surface area contributed by atoms with Gasteiger partial charge in [0.15, 0.2) is 5.82 Å². The number of nitrogen functional groups attached to an aromatic ring is 1. The van der Waals surface area contributed by atoms with Gasteiger partial charge in [-0.1, -0.05) is 23.4 Å². The molecule has 0 bridgehead atoms. The molecule has 4 rings (SSSR count). The van der Waals surface area contributed by atoms with Gasteiger partial charge < -0.3 is 10.3 Å². The number of nitro groups is 1. The molecule has 12 heteroatoms. The molecule has 0 atom stereocenters. The third-order valence-corrected chi connectivity index (χ3v) is 5.06. The Kier molecular flexibility index (Phi) is 5.14. The third-order valence-electron chi connectivity index (χ3n) is 3.88. The quantitative estimate of drug-likeness (QED) is 0.211. The topological polar surface area (TPSA) is 139 Å². The molecule has 2 heterocycles. The van der Waals surface area contributed by atoms with E-state index in [4.69, 9.17) is 21.9 Å². The highest BCUT2D eigenvalue weighted by molar-refractivity contribution is 7.98. The van der Waals surface area contributed by atoms with E-state index in [1.807, 2.05) is 0 Å². The summed E-state index contributed by atoms with van der Waals surface area (Å²) in [4.78, 5) is 10.3. The van der Waals surface area contributed by atoms with Crippen molar-refractivity contribution < 1.29 is 9.34 Å². The molecule has 0 radical (unpaired) electrons. The van der Waals surface area contributed by atoms with E-state index in [0.29, 0.717) is 33.2 Å². The summed E-state index contributed by atoms with van der Waals surface area (Å²) in [7, 11) is 0. The van der Waals surface area contributed by atoms with Gasteiger partial charge in [0.2, 0.25) is 16.9 Å². The highest BCUT2D eigenvalue weighted by Gasteiger charge is 2.15. The fourth-order valence-electron chi connectivity index (χ4n) is 2.45. The molecule has 0 unspecified atom stereocenters. The Morgan fingerprint density at radius 2 is 1.72 bits per heavy atom. The normalized spacial score (nSPS) is 10.9. The number of nitro benzene ring substituents is 1. The van der Waals surface area contributed by atoms with E-state index in [9.17, 15) is 10.1 Å². The summed E-state index contributed by atoms with van der Waals surface area (Å²) in [5.74, 6) is 7.55. The van der Waals surface area contributed by atoms with Crippen molar-refractivity contribution in [2.75, 3.05) is 5.84 Å². The van der Waals surface area contributed by atoms with Crippen molar-refractivity contribution in [1.29, 1.82) is 0 Å². The third kappa shape index (κ3) is 4.05. The van der Waals surface area contributed by atoms with Gasteiger partial charge >= 0.3 is 0 Å². The van der Waals surface area contributed by atoms with E-state index < -0.39 is 4.92 Å². The van der Waals surface area contributed by atoms with Crippen LogP contribution in [-0.2, 0) is 5.75 Å². The molecule has 0 fully saturated rings. The van der Waals surface area contributed by atoms with E-state index in [1.54, 1.807) is 36.4 Å². The molecule has 0 spiro atoms. The largest absolute Gasteiger partial charge is 0.420 e. The zero-order chi connectivity index (χ0) is 20.4. The summed E-state index contributed by atoms with van der Waals surface area (Å²) in [5, 5.41) is 28.0. The van der Waals surface area contributed by atoms with Crippen LogP contribution in [0.1, 0.15) is 5.89 Å². The van der Waals surface area contributed by atoms with Gasteiger partial charge in [-0.2, -0.15) is 0 Å². The van der Waals surface area contributed by atoms with Gasteiger partial charge in [-0.3, -0.25) is 10.1 Å². The molecular weight excluding hydrogens is 418 g/mol. The van der Waals surface area contributed by atoms with Gasteiger partial charge in [0, 0.05) is 28.3 Å². The zero-order valence-corrected chi connectivity index (χ0v) is 16.2. The number of rotatable bonds is 6. The predicted molar refractivity (Wildman–Crippen MR) is 107 cm³/mol. The average molecular weight is 430 g/mol. The van der Waals surface area contributed by atoms with Gasteiger partial charge in [-0.05, 0) is 36.4 Å². The number of non-ortho nitro benzene ring substituents is 1. The lowest BCUT2D eigenvalue weighted by molar-refractivity contribution is -0.384. The summed E-state index contributed by atoms with van der Waals surface area (Å²) in [6.07, 6.45) is 0. The van der Waals surface area contributed by atoms with E-state index in [0.717, 1.165) is 5.56 Å². The number of aromatic nitrogens is 5. The summed E-state index contributed by atoms with van der Waals surface area (Å²) < 4.78 is 6.99. The maximum Gasteiger partial charge on any atom is 0.269 e. The van der Waals surface area contributed by atoms with Crippen LogP contribution in [0.15, 0.2) is 58.1 Å². The molecule has 0 aliphatic carbocycles. The van der Waals surface area contributed by atoms with E-state index in [-0.39, 0.29) is 11.6 Å². The molecule has 0 saturated heterocycles. The van der Waals surface area contributed by atoms with E-state index in [2.05, 4.69) is 20.4 Å². The highest BCUT2D eigenvalue weighted by atomic mass is 35.5. The Balaban J connectivity index is 1.45. The van der Waals surface area contributed by atoms with Crippen LogP contribution in [0, 0.1) is 10.1 Å². The number of benzene rings is 2. The van der Waals surface area contributed by atoms with Crippen LogP contribution in [0.4, 0.5) is 5.69 Å². The Morgan fingerprint density at radius 1 is 1.03 bits per heavy atom. The van der Waals surface area contributed by atoms with Crippen molar-refractivity contribution >= 4 is 29.1 Å². The number of nitrogens with zero attached hydrogens (tertiary/aromatic N) is 6. The molecule has 0 aliphatic rings. The van der Waals surface area contributed by atoms with Gasteiger partial charge in [-0.25, -0.2) is 4.68 Å². The monoisotopic (exact) mass is 429 g/mol. The van der Waals surface area contributed by atoms with Crippen molar-refractivity contribution in [3.8, 4) is 22.8 Å². The lowest BCUT2D eigenvalue weighted by Gasteiger charge is -2.02. The van der Waals surface area contributed by atoms with Crippen LogP contribution in [0.5, 0.6) is 0 Å². The maximum atomic E-state index is 10.7. The molecule has 2 N–H and O–H groups in total.